The van der Waals surface area contributed by atoms with Crippen LogP contribution in [0.3, 0.4) is 0 Å². The molecule has 0 unspecified atom stereocenters. The number of piperazine rings is 1. The fraction of sp³-hybridized carbons (Fsp3) is 0.435. The second kappa shape index (κ2) is 10.1. The molecule has 1 N–H and O–H groups in total. The number of nitrogens with zero attached hydrogens (tertiary/aromatic N) is 2. The molecular formula is C23H30ClN3O3S. The van der Waals surface area contributed by atoms with Gasteiger partial charge in [0.15, 0.2) is 0 Å². The number of carbonyl (C=O) groups is 1. The molecule has 1 saturated heterocycles. The van der Waals surface area contributed by atoms with Crippen molar-refractivity contribution >= 4 is 33.2 Å². The summed E-state index contributed by atoms with van der Waals surface area (Å²) >= 11 is 6.28. The Kier molecular flexibility index (Phi) is 7.75. The Labute approximate surface area is 190 Å². The minimum absolute atomic E-state index is 0.0854. The van der Waals surface area contributed by atoms with Crippen LogP contribution in [-0.4, -0.2) is 56.3 Å². The number of benzene rings is 2. The second-order valence-electron chi connectivity index (χ2n) is 7.83. The van der Waals surface area contributed by atoms with Crippen LogP contribution in [0, 0.1) is 0 Å². The van der Waals surface area contributed by atoms with Crippen LogP contribution in [0.5, 0.6) is 0 Å². The van der Waals surface area contributed by atoms with Gasteiger partial charge in [0, 0.05) is 31.9 Å². The molecule has 2 aromatic rings. The summed E-state index contributed by atoms with van der Waals surface area (Å²) < 4.78 is 27.8. The Hall–Kier alpha value is -1.93. The lowest BCUT2D eigenvalue weighted by Gasteiger charge is -2.33. The van der Waals surface area contributed by atoms with Crippen LogP contribution < -0.4 is 5.32 Å². The van der Waals surface area contributed by atoms with E-state index in [9.17, 15) is 13.2 Å². The van der Waals surface area contributed by atoms with Gasteiger partial charge in [-0.25, -0.2) is 8.42 Å². The maximum Gasteiger partial charge on any atom is 0.257 e. The lowest BCUT2D eigenvalue weighted by molar-refractivity contribution is 0.102. The number of halogens is 1. The molecule has 0 saturated carbocycles. The van der Waals surface area contributed by atoms with Crippen molar-refractivity contribution in [1.82, 2.24) is 9.21 Å². The number of likely N-dealkylation sites (N-methyl/N-ethyl adjacent to an activating group) is 1. The first-order valence-corrected chi connectivity index (χ1v) is 12.5. The molecule has 0 radical (unpaired) electrons. The highest BCUT2D eigenvalue weighted by Crippen LogP contribution is 2.29. The number of hydrogen-bond donors (Lipinski definition) is 1. The zero-order chi connectivity index (χ0) is 22.6. The van der Waals surface area contributed by atoms with Gasteiger partial charge in [0.1, 0.15) is 0 Å². The number of amides is 1. The number of nitrogens with one attached hydrogen (secondary N) is 1. The van der Waals surface area contributed by atoms with E-state index in [1.807, 2.05) is 24.3 Å². The topological polar surface area (TPSA) is 69.7 Å². The van der Waals surface area contributed by atoms with Crippen molar-refractivity contribution < 1.29 is 13.2 Å². The third-order valence-electron chi connectivity index (χ3n) is 5.95. The number of anilines is 1. The van der Waals surface area contributed by atoms with E-state index < -0.39 is 15.9 Å². The van der Waals surface area contributed by atoms with E-state index >= 15 is 0 Å². The summed E-state index contributed by atoms with van der Waals surface area (Å²) in [5, 5.41) is 3.13. The van der Waals surface area contributed by atoms with Crippen LogP contribution in [0.15, 0.2) is 47.4 Å². The molecule has 1 amide bonds. The zero-order valence-electron chi connectivity index (χ0n) is 18.3. The van der Waals surface area contributed by atoms with Crippen molar-refractivity contribution in [3.8, 4) is 0 Å². The number of hydrogen-bond acceptors (Lipinski definition) is 4. The third kappa shape index (κ3) is 5.29. The van der Waals surface area contributed by atoms with Gasteiger partial charge >= 0.3 is 0 Å². The van der Waals surface area contributed by atoms with Crippen molar-refractivity contribution in [2.24, 2.45) is 0 Å². The van der Waals surface area contributed by atoms with E-state index in [1.165, 1.54) is 22.5 Å². The summed E-state index contributed by atoms with van der Waals surface area (Å²) in [5.74, 6) is -0.144. The molecule has 31 heavy (non-hydrogen) atoms. The standard InChI is InChI=1S/C23H30ClN3O3S/c1-4-17(3)19-8-6-7-9-22(19)25-23(28)20-16-18(10-11-21(20)24)31(29,30)27-14-12-26(5-2)13-15-27/h6-11,16-17H,4-5,12-15H2,1-3H3,(H,25,28)/t17-/m0/s1. The molecule has 0 spiro atoms. The van der Waals surface area contributed by atoms with E-state index in [1.54, 1.807) is 0 Å². The van der Waals surface area contributed by atoms with Crippen LogP contribution in [0.25, 0.3) is 0 Å². The van der Waals surface area contributed by atoms with Crippen LogP contribution in [0.4, 0.5) is 5.69 Å². The third-order valence-corrected chi connectivity index (χ3v) is 8.18. The predicted octanol–water partition coefficient (Wildman–Crippen LogP) is 4.43. The van der Waals surface area contributed by atoms with Crippen LogP contribution >= 0.6 is 11.6 Å². The Bertz CT molecular complexity index is 1030. The van der Waals surface area contributed by atoms with Gasteiger partial charge in [-0.15, -0.1) is 0 Å². The van der Waals surface area contributed by atoms with Crippen molar-refractivity contribution in [2.45, 2.75) is 38.0 Å². The largest absolute Gasteiger partial charge is 0.322 e. The Morgan fingerprint density at radius 2 is 1.77 bits per heavy atom. The molecule has 0 bridgehead atoms. The maximum absolute atomic E-state index is 13.1. The molecule has 1 aliphatic rings. The minimum Gasteiger partial charge on any atom is -0.322 e. The molecule has 1 fully saturated rings. The monoisotopic (exact) mass is 463 g/mol. The smallest absolute Gasteiger partial charge is 0.257 e. The second-order valence-corrected chi connectivity index (χ2v) is 10.2. The zero-order valence-corrected chi connectivity index (χ0v) is 19.8. The first kappa shape index (κ1) is 23.7. The van der Waals surface area contributed by atoms with E-state index in [0.29, 0.717) is 31.9 Å². The molecule has 8 heteroatoms. The highest BCUT2D eigenvalue weighted by Gasteiger charge is 2.29. The fourth-order valence-corrected chi connectivity index (χ4v) is 5.38. The summed E-state index contributed by atoms with van der Waals surface area (Å²) in [6.07, 6.45) is 0.937. The highest BCUT2D eigenvalue weighted by atomic mass is 35.5. The number of sulfonamides is 1. The van der Waals surface area contributed by atoms with Gasteiger partial charge in [-0.3, -0.25) is 4.79 Å². The van der Waals surface area contributed by atoms with Crippen molar-refractivity contribution in [3.63, 3.8) is 0 Å². The Morgan fingerprint density at radius 1 is 1.10 bits per heavy atom. The molecule has 1 aliphatic heterocycles. The highest BCUT2D eigenvalue weighted by molar-refractivity contribution is 7.89. The normalized spacial score (nSPS) is 16.8. The average molecular weight is 464 g/mol. The number of carbonyl (C=O) groups excluding carboxylic acids is 1. The van der Waals surface area contributed by atoms with Crippen LogP contribution in [-0.2, 0) is 10.0 Å². The molecule has 2 aromatic carbocycles. The Balaban J connectivity index is 1.86. The lowest BCUT2D eigenvalue weighted by Crippen LogP contribution is -2.48. The molecule has 1 heterocycles. The van der Waals surface area contributed by atoms with Crippen molar-refractivity contribution in [3.05, 3.63) is 58.6 Å². The van der Waals surface area contributed by atoms with Crippen molar-refractivity contribution in [2.75, 3.05) is 38.0 Å². The predicted molar refractivity (Wildman–Crippen MR) is 125 cm³/mol. The molecule has 0 aliphatic carbocycles. The summed E-state index contributed by atoms with van der Waals surface area (Å²) in [6.45, 7) is 9.42. The summed E-state index contributed by atoms with van der Waals surface area (Å²) in [4.78, 5) is 15.3. The molecule has 3 rings (SSSR count). The minimum atomic E-state index is -3.70. The first-order valence-electron chi connectivity index (χ1n) is 10.7. The van der Waals surface area contributed by atoms with Crippen LogP contribution in [0.1, 0.15) is 49.0 Å². The van der Waals surface area contributed by atoms with Crippen LogP contribution in [0.2, 0.25) is 5.02 Å². The van der Waals surface area contributed by atoms with Crippen molar-refractivity contribution in [1.29, 1.82) is 0 Å². The molecule has 168 valence electrons. The summed E-state index contributed by atoms with van der Waals surface area (Å²) in [6, 6.07) is 12.0. The van der Waals surface area contributed by atoms with E-state index in [0.717, 1.165) is 18.5 Å². The molecule has 6 nitrogen and oxygen atoms in total. The average Bonchev–Trinajstić information content (AvgIpc) is 2.79. The van der Waals surface area contributed by atoms with Gasteiger partial charge in [0.25, 0.3) is 5.91 Å². The SMILES string of the molecule is CC[C@H](C)c1ccccc1NC(=O)c1cc(S(=O)(=O)N2CCN(CC)CC2)ccc1Cl. The number of rotatable bonds is 7. The van der Waals surface area contributed by atoms with Gasteiger partial charge < -0.3 is 10.2 Å². The van der Waals surface area contributed by atoms with E-state index in [-0.39, 0.29) is 21.4 Å². The van der Waals surface area contributed by atoms with Gasteiger partial charge in [-0.05, 0) is 48.7 Å². The summed E-state index contributed by atoms with van der Waals surface area (Å²) in [7, 11) is -3.70. The lowest BCUT2D eigenvalue weighted by atomic mass is 9.97. The maximum atomic E-state index is 13.1. The number of para-hydroxylation sites is 1. The molecule has 0 aromatic heterocycles. The molecular weight excluding hydrogens is 434 g/mol. The van der Waals surface area contributed by atoms with Gasteiger partial charge in [-0.1, -0.05) is 50.6 Å². The van der Waals surface area contributed by atoms with E-state index in [4.69, 9.17) is 11.6 Å². The Morgan fingerprint density at radius 3 is 2.42 bits per heavy atom. The van der Waals surface area contributed by atoms with Gasteiger partial charge in [0.2, 0.25) is 10.0 Å². The molecule has 1 atom stereocenters. The summed E-state index contributed by atoms with van der Waals surface area (Å²) in [5.41, 5.74) is 1.89. The van der Waals surface area contributed by atoms with E-state index in [2.05, 4.69) is 31.0 Å². The first-order chi connectivity index (χ1) is 14.8. The van der Waals surface area contributed by atoms with Gasteiger partial charge in [-0.2, -0.15) is 4.31 Å². The van der Waals surface area contributed by atoms with Gasteiger partial charge in [0.05, 0.1) is 15.5 Å². The quantitative estimate of drug-likeness (QED) is 0.659. The fourth-order valence-electron chi connectivity index (χ4n) is 3.72.